The molecule has 0 amide bonds. The van der Waals surface area contributed by atoms with Crippen molar-refractivity contribution < 1.29 is 0 Å². The van der Waals surface area contributed by atoms with Crippen LogP contribution in [0.1, 0.15) is 5.56 Å². The van der Waals surface area contributed by atoms with Gasteiger partial charge in [0.1, 0.15) is 0 Å². The van der Waals surface area contributed by atoms with Crippen LogP contribution in [0, 0.1) is 0 Å². The molecule has 2 N–H and O–H groups in total. The van der Waals surface area contributed by atoms with E-state index >= 15 is 0 Å². The zero-order valence-corrected chi connectivity index (χ0v) is 9.24. The van der Waals surface area contributed by atoms with Gasteiger partial charge in [0.15, 0.2) is 5.82 Å². The van der Waals surface area contributed by atoms with Crippen LogP contribution in [0.15, 0.2) is 35.4 Å². The van der Waals surface area contributed by atoms with E-state index in [1.807, 2.05) is 0 Å². The topological polar surface area (TPSA) is 56.7 Å². The zero-order chi connectivity index (χ0) is 10.7. The van der Waals surface area contributed by atoms with Gasteiger partial charge in [-0.05, 0) is 24.0 Å². The highest BCUT2D eigenvalue weighted by Gasteiger charge is 1.98. The fourth-order valence-electron chi connectivity index (χ4n) is 1.31. The quantitative estimate of drug-likeness (QED) is 0.799. The number of hydrogen-bond acceptors (Lipinski definition) is 4. The Morgan fingerprint density at radius 1 is 1.33 bits per heavy atom. The van der Waals surface area contributed by atoms with Gasteiger partial charge < -0.3 is 5.73 Å². The Labute approximate surface area is 92.5 Å². The van der Waals surface area contributed by atoms with Crippen LogP contribution >= 0.6 is 11.8 Å². The Hall–Kier alpha value is -1.49. The summed E-state index contributed by atoms with van der Waals surface area (Å²) < 4.78 is 1.73. The summed E-state index contributed by atoms with van der Waals surface area (Å²) in [6, 6.07) is 8.37. The van der Waals surface area contributed by atoms with Gasteiger partial charge in [0.2, 0.25) is 0 Å². The molecule has 2 aromatic rings. The summed E-state index contributed by atoms with van der Waals surface area (Å²) in [5.41, 5.74) is 6.67. The average molecular weight is 220 g/mol. The van der Waals surface area contributed by atoms with Crippen molar-refractivity contribution in [2.24, 2.45) is 0 Å². The number of anilines is 1. The van der Waals surface area contributed by atoms with Gasteiger partial charge in [-0.2, -0.15) is 0 Å². The van der Waals surface area contributed by atoms with E-state index in [0.29, 0.717) is 12.4 Å². The zero-order valence-electron chi connectivity index (χ0n) is 8.42. The molecule has 1 aromatic carbocycles. The first-order valence-corrected chi connectivity index (χ1v) is 5.79. The second kappa shape index (κ2) is 4.35. The van der Waals surface area contributed by atoms with Gasteiger partial charge in [-0.25, -0.2) is 4.68 Å². The van der Waals surface area contributed by atoms with Crippen molar-refractivity contribution in [1.29, 1.82) is 0 Å². The van der Waals surface area contributed by atoms with Gasteiger partial charge in [-0.1, -0.05) is 17.3 Å². The fourth-order valence-corrected chi connectivity index (χ4v) is 1.72. The normalized spacial score (nSPS) is 10.5. The Morgan fingerprint density at radius 2 is 2.07 bits per heavy atom. The lowest BCUT2D eigenvalue weighted by molar-refractivity contribution is 0.649. The predicted molar refractivity (Wildman–Crippen MR) is 61.8 cm³/mol. The fraction of sp³-hybridized carbons (Fsp3) is 0.200. The number of rotatable bonds is 3. The van der Waals surface area contributed by atoms with E-state index in [9.17, 15) is 0 Å². The van der Waals surface area contributed by atoms with Crippen molar-refractivity contribution in [3.8, 4) is 0 Å². The third-order valence-corrected chi connectivity index (χ3v) is 2.80. The molecule has 0 aliphatic carbocycles. The van der Waals surface area contributed by atoms with Crippen molar-refractivity contribution in [3.05, 3.63) is 36.0 Å². The van der Waals surface area contributed by atoms with Crippen LogP contribution in [0.3, 0.4) is 0 Å². The number of nitrogen functional groups attached to an aromatic ring is 1. The van der Waals surface area contributed by atoms with Gasteiger partial charge in [-0.3, -0.25) is 0 Å². The van der Waals surface area contributed by atoms with E-state index in [0.717, 1.165) is 0 Å². The Morgan fingerprint density at radius 3 is 2.60 bits per heavy atom. The highest BCUT2D eigenvalue weighted by atomic mass is 32.2. The molecule has 15 heavy (non-hydrogen) atoms. The van der Waals surface area contributed by atoms with Crippen LogP contribution in [0.25, 0.3) is 0 Å². The summed E-state index contributed by atoms with van der Waals surface area (Å²) in [4.78, 5) is 1.26. The molecule has 0 unspecified atom stereocenters. The van der Waals surface area contributed by atoms with Gasteiger partial charge in [-0.15, -0.1) is 16.9 Å². The summed E-state index contributed by atoms with van der Waals surface area (Å²) in [6.07, 6.45) is 3.79. The van der Waals surface area contributed by atoms with Gasteiger partial charge in [0.25, 0.3) is 0 Å². The molecule has 0 aliphatic heterocycles. The van der Waals surface area contributed by atoms with Gasteiger partial charge in [0.05, 0.1) is 12.7 Å². The van der Waals surface area contributed by atoms with Crippen LogP contribution in [0.2, 0.25) is 0 Å². The largest absolute Gasteiger partial charge is 0.381 e. The molecule has 0 saturated carbocycles. The maximum Gasteiger partial charge on any atom is 0.165 e. The first-order valence-electron chi connectivity index (χ1n) is 4.56. The van der Waals surface area contributed by atoms with Crippen LogP contribution < -0.4 is 5.73 Å². The Balaban J connectivity index is 2.11. The molecule has 0 atom stereocenters. The van der Waals surface area contributed by atoms with Crippen molar-refractivity contribution in [1.82, 2.24) is 15.0 Å². The minimum atomic E-state index is 0.454. The molecule has 0 bridgehead atoms. The molecule has 78 valence electrons. The van der Waals surface area contributed by atoms with E-state index in [2.05, 4.69) is 40.8 Å². The van der Waals surface area contributed by atoms with Crippen molar-refractivity contribution >= 4 is 17.6 Å². The average Bonchev–Trinajstić information content (AvgIpc) is 2.65. The van der Waals surface area contributed by atoms with Gasteiger partial charge in [0, 0.05) is 4.90 Å². The maximum atomic E-state index is 5.48. The van der Waals surface area contributed by atoms with Crippen LogP contribution in [0.4, 0.5) is 5.82 Å². The van der Waals surface area contributed by atoms with Gasteiger partial charge >= 0.3 is 0 Å². The maximum absolute atomic E-state index is 5.48. The van der Waals surface area contributed by atoms with Crippen molar-refractivity contribution in [3.63, 3.8) is 0 Å². The van der Waals surface area contributed by atoms with E-state index in [-0.39, 0.29) is 0 Å². The molecule has 2 rings (SSSR count). The summed E-state index contributed by atoms with van der Waals surface area (Å²) in [7, 11) is 0. The second-order valence-corrected chi connectivity index (χ2v) is 4.07. The van der Waals surface area contributed by atoms with E-state index in [1.54, 1.807) is 22.6 Å². The minimum absolute atomic E-state index is 0.454. The third kappa shape index (κ3) is 2.50. The molecule has 5 heteroatoms. The van der Waals surface area contributed by atoms with Crippen molar-refractivity contribution in [2.75, 3.05) is 12.0 Å². The predicted octanol–water partition coefficient (Wildman–Crippen LogP) is 1.63. The lowest BCUT2D eigenvalue weighted by Crippen LogP contribution is -2.00. The van der Waals surface area contributed by atoms with Crippen LogP contribution in [0.5, 0.6) is 0 Å². The van der Waals surface area contributed by atoms with Crippen LogP contribution in [-0.4, -0.2) is 21.2 Å². The molecule has 0 fully saturated rings. The standard InChI is InChI=1S/C10H12N4S/c1-15-9-4-2-8(3-5-9)6-14-7-10(11)12-13-14/h2-5,7H,6,11H2,1H3. The highest BCUT2D eigenvalue weighted by molar-refractivity contribution is 7.98. The second-order valence-electron chi connectivity index (χ2n) is 3.19. The molecular weight excluding hydrogens is 208 g/mol. The number of aromatic nitrogens is 3. The Bertz CT molecular complexity index is 435. The summed E-state index contributed by atoms with van der Waals surface area (Å²) >= 11 is 1.73. The first kappa shape index (κ1) is 10.0. The minimum Gasteiger partial charge on any atom is -0.381 e. The Kier molecular flexibility index (Phi) is 2.91. The summed E-state index contributed by atoms with van der Waals surface area (Å²) in [5.74, 6) is 0.454. The van der Waals surface area contributed by atoms with Crippen molar-refractivity contribution in [2.45, 2.75) is 11.4 Å². The molecule has 0 saturated heterocycles. The monoisotopic (exact) mass is 220 g/mol. The SMILES string of the molecule is CSc1ccc(Cn2cc(N)nn2)cc1. The van der Waals surface area contributed by atoms with E-state index in [4.69, 9.17) is 5.73 Å². The number of thioether (sulfide) groups is 1. The highest BCUT2D eigenvalue weighted by Crippen LogP contribution is 2.15. The van der Waals surface area contributed by atoms with E-state index in [1.165, 1.54) is 10.5 Å². The molecule has 0 radical (unpaired) electrons. The number of benzene rings is 1. The molecule has 0 spiro atoms. The number of nitrogens with two attached hydrogens (primary N) is 1. The molecular formula is C10H12N4S. The molecule has 1 aromatic heterocycles. The smallest absolute Gasteiger partial charge is 0.165 e. The number of nitrogens with zero attached hydrogens (tertiary/aromatic N) is 3. The third-order valence-electron chi connectivity index (χ3n) is 2.06. The molecule has 0 aliphatic rings. The molecule has 1 heterocycles. The summed E-state index contributed by atoms with van der Waals surface area (Å²) in [5, 5.41) is 7.62. The van der Waals surface area contributed by atoms with E-state index < -0.39 is 0 Å². The summed E-state index contributed by atoms with van der Waals surface area (Å²) in [6.45, 7) is 0.707. The lowest BCUT2D eigenvalue weighted by Gasteiger charge is -2.01. The first-order chi connectivity index (χ1) is 7.28. The number of hydrogen-bond donors (Lipinski definition) is 1. The molecule has 4 nitrogen and oxygen atoms in total. The van der Waals surface area contributed by atoms with Crippen LogP contribution in [-0.2, 0) is 6.54 Å². The lowest BCUT2D eigenvalue weighted by atomic mass is 10.2.